The zero-order valence-corrected chi connectivity index (χ0v) is 23.6. The number of para-hydroxylation sites is 1. The first kappa shape index (κ1) is 26.2. The Morgan fingerprint density at radius 1 is 0.857 bits per heavy atom. The minimum absolute atomic E-state index is 0.181. The van der Waals surface area contributed by atoms with Crippen LogP contribution in [0.3, 0.4) is 0 Å². The molecule has 4 aromatic carbocycles. The van der Waals surface area contributed by atoms with E-state index >= 15 is 0 Å². The van der Waals surface area contributed by atoms with Crippen LogP contribution in [-0.2, 0) is 14.4 Å². The highest BCUT2D eigenvalue weighted by Crippen LogP contribution is 2.53. The van der Waals surface area contributed by atoms with E-state index in [0.29, 0.717) is 22.2 Å². The molecule has 0 radical (unpaired) electrons. The highest BCUT2D eigenvalue weighted by molar-refractivity contribution is 8.00. The number of rotatable bonds is 6. The van der Waals surface area contributed by atoms with Crippen LogP contribution >= 0.6 is 23.1 Å². The van der Waals surface area contributed by atoms with E-state index in [1.165, 1.54) is 16.7 Å². The van der Waals surface area contributed by atoms with Crippen LogP contribution in [0, 0.1) is 5.92 Å². The van der Waals surface area contributed by atoms with Gasteiger partial charge < -0.3 is 15.0 Å². The molecule has 0 bridgehead atoms. The Balaban J connectivity index is 1.10. The molecule has 1 saturated heterocycles. The summed E-state index contributed by atoms with van der Waals surface area (Å²) in [7, 11) is 0. The van der Waals surface area contributed by atoms with Crippen molar-refractivity contribution in [3.05, 3.63) is 117 Å². The number of fused-ring (bicyclic) bond motifs is 3. The van der Waals surface area contributed by atoms with Gasteiger partial charge in [0.15, 0.2) is 6.61 Å². The van der Waals surface area contributed by atoms with E-state index in [0.717, 1.165) is 32.5 Å². The van der Waals surface area contributed by atoms with Crippen LogP contribution in [0.4, 0.5) is 11.4 Å². The van der Waals surface area contributed by atoms with Crippen LogP contribution in [-0.4, -0.2) is 34.6 Å². The first-order valence-corrected chi connectivity index (χ1v) is 15.0. The summed E-state index contributed by atoms with van der Waals surface area (Å²) in [4.78, 5) is 56.7. The Labute approximate surface area is 248 Å². The number of nitrogens with zero attached hydrogens (tertiary/aromatic N) is 1. The molecule has 7 rings (SSSR count). The lowest BCUT2D eigenvalue weighted by Crippen LogP contribution is -2.32. The van der Waals surface area contributed by atoms with E-state index in [9.17, 15) is 19.2 Å². The van der Waals surface area contributed by atoms with Crippen LogP contribution in [0.15, 0.2) is 107 Å². The van der Waals surface area contributed by atoms with Crippen molar-refractivity contribution in [1.29, 1.82) is 0 Å². The summed E-state index contributed by atoms with van der Waals surface area (Å²) in [5, 5.41) is 4.94. The summed E-state index contributed by atoms with van der Waals surface area (Å²) in [6, 6.07) is 29.6. The van der Waals surface area contributed by atoms with Gasteiger partial charge in [0.25, 0.3) is 5.91 Å². The van der Waals surface area contributed by atoms with Gasteiger partial charge in [0, 0.05) is 16.5 Å². The molecule has 8 nitrogen and oxygen atoms in total. The smallest absolute Gasteiger partial charge is 0.305 e. The molecule has 3 heterocycles. The number of aromatic amines is 1. The molecular formula is C32H23N3O5S2. The average Bonchev–Trinajstić information content (AvgIpc) is 3.50. The normalized spacial score (nSPS) is 19.4. The maximum Gasteiger partial charge on any atom is 0.305 e. The van der Waals surface area contributed by atoms with Crippen molar-refractivity contribution in [2.75, 3.05) is 16.8 Å². The molecule has 0 spiro atoms. The molecule has 3 unspecified atom stereocenters. The van der Waals surface area contributed by atoms with Gasteiger partial charge in [0.2, 0.25) is 11.8 Å². The molecule has 5 aromatic rings. The summed E-state index contributed by atoms with van der Waals surface area (Å²) < 4.78 is 5.74. The number of hydrogen-bond donors (Lipinski definition) is 2. The zero-order chi connectivity index (χ0) is 28.8. The number of carbonyl (C=O) groups excluding carboxylic acids is 3. The number of benzene rings is 4. The third-order valence-electron chi connectivity index (χ3n) is 7.48. The molecule has 2 N–H and O–H groups in total. The van der Waals surface area contributed by atoms with Crippen molar-refractivity contribution in [3.63, 3.8) is 0 Å². The highest BCUT2D eigenvalue weighted by atomic mass is 32.2. The number of anilines is 2. The standard InChI is InChI=1S/C32H23N3O5S2/c36-24(33-21-13-10-18-6-4-5-7-20(18)16-21)17-40-23-14-11-19(12-15-23)25-26-28(41-29-27(25)42-32(39)34-29)31(38)35(30(26)37)22-8-2-1-3-9-22/h1-16,25-26,28H,17H2,(H,33,36)(H,34,39). The molecule has 1 fully saturated rings. The number of amides is 3. The number of hydrogen-bond acceptors (Lipinski definition) is 7. The largest absolute Gasteiger partial charge is 0.484 e. The van der Waals surface area contributed by atoms with E-state index in [4.69, 9.17) is 4.74 Å². The van der Waals surface area contributed by atoms with Gasteiger partial charge >= 0.3 is 4.87 Å². The first-order valence-electron chi connectivity index (χ1n) is 13.3. The maximum absolute atomic E-state index is 13.8. The molecule has 3 amide bonds. The van der Waals surface area contributed by atoms with Crippen LogP contribution in [0.5, 0.6) is 5.75 Å². The number of H-pyrrole nitrogens is 1. The second-order valence-electron chi connectivity index (χ2n) is 10.1. The first-order chi connectivity index (χ1) is 20.5. The molecule has 0 saturated carbocycles. The zero-order valence-electron chi connectivity index (χ0n) is 22.0. The molecule has 42 heavy (non-hydrogen) atoms. The summed E-state index contributed by atoms with van der Waals surface area (Å²) >= 11 is 2.31. The fourth-order valence-electron chi connectivity index (χ4n) is 5.59. The van der Waals surface area contributed by atoms with Gasteiger partial charge in [-0.1, -0.05) is 83.8 Å². The second kappa shape index (κ2) is 10.6. The van der Waals surface area contributed by atoms with Gasteiger partial charge in [-0.15, -0.1) is 0 Å². The maximum atomic E-state index is 13.8. The number of ether oxygens (including phenoxy) is 1. The SMILES string of the molecule is O=C(COc1ccc(C2c3sc(=O)[nH]c3SC3C(=O)N(c4ccccc4)C(=O)C32)cc1)Nc1ccc2ccccc2c1. The molecule has 1 aromatic heterocycles. The van der Waals surface area contributed by atoms with Crippen molar-refractivity contribution in [3.8, 4) is 5.75 Å². The van der Waals surface area contributed by atoms with Gasteiger partial charge in [-0.25, -0.2) is 4.90 Å². The number of nitrogens with one attached hydrogen (secondary N) is 2. The Morgan fingerprint density at radius 2 is 1.60 bits per heavy atom. The Hall–Kier alpha value is -4.67. The predicted octanol–water partition coefficient (Wildman–Crippen LogP) is 5.40. The van der Waals surface area contributed by atoms with E-state index in [1.807, 2.05) is 60.7 Å². The van der Waals surface area contributed by atoms with Crippen LogP contribution < -0.4 is 19.8 Å². The van der Waals surface area contributed by atoms with Crippen LogP contribution in [0.1, 0.15) is 16.4 Å². The minimum atomic E-state index is -0.666. The average molecular weight is 594 g/mol. The van der Waals surface area contributed by atoms with Gasteiger partial charge in [0.1, 0.15) is 11.0 Å². The second-order valence-corrected chi connectivity index (χ2v) is 12.2. The van der Waals surface area contributed by atoms with Crippen molar-refractivity contribution in [2.24, 2.45) is 5.92 Å². The number of aromatic nitrogens is 1. The number of thiazole rings is 1. The van der Waals surface area contributed by atoms with E-state index in [1.54, 1.807) is 36.4 Å². The fraction of sp³-hybridized carbons (Fsp3) is 0.125. The molecule has 3 atom stereocenters. The Morgan fingerprint density at radius 3 is 2.38 bits per heavy atom. The molecular weight excluding hydrogens is 571 g/mol. The predicted molar refractivity (Wildman–Crippen MR) is 163 cm³/mol. The summed E-state index contributed by atoms with van der Waals surface area (Å²) in [6.07, 6.45) is 0. The topological polar surface area (TPSA) is 109 Å². The third-order valence-corrected chi connectivity index (χ3v) is 9.88. The number of imide groups is 1. The van der Waals surface area contributed by atoms with E-state index in [-0.39, 0.29) is 29.2 Å². The molecule has 0 aliphatic carbocycles. The van der Waals surface area contributed by atoms with Crippen molar-refractivity contribution < 1.29 is 19.1 Å². The number of thioether (sulfide) groups is 1. The monoisotopic (exact) mass is 593 g/mol. The Kier molecular flexibility index (Phi) is 6.64. The van der Waals surface area contributed by atoms with Crippen LogP contribution in [0.2, 0.25) is 0 Å². The van der Waals surface area contributed by atoms with Gasteiger partial charge in [-0.3, -0.25) is 19.2 Å². The third kappa shape index (κ3) is 4.68. The van der Waals surface area contributed by atoms with Gasteiger partial charge in [0.05, 0.1) is 16.6 Å². The van der Waals surface area contributed by atoms with Gasteiger partial charge in [-0.2, -0.15) is 0 Å². The van der Waals surface area contributed by atoms with Crippen LogP contribution in [0.25, 0.3) is 10.8 Å². The molecule has 208 valence electrons. The lowest BCUT2D eigenvalue weighted by molar-refractivity contribution is -0.122. The van der Waals surface area contributed by atoms with Crippen molar-refractivity contribution >= 4 is 63.0 Å². The highest BCUT2D eigenvalue weighted by Gasteiger charge is 2.56. The number of carbonyl (C=O) groups is 3. The molecule has 2 aliphatic rings. The molecule has 10 heteroatoms. The van der Waals surface area contributed by atoms with Crippen molar-refractivity contribution in [1.82, 2.24) is 4.98 Å². The summed E-state index contributed by atoms with van der Waals surface area (Å²) in [5.74, 6) is -1.53. The van der Waals surface area contributed by atoms with E-state index in [2.05, 4.69) is 10.3 Å². The summed E-state index contributed by atoms with van der Waals surface area (Å²) in [6.45, 7) is -0.181. The minimum Gasteiger partial charge on any atom is -0.484 e. The Bertz CT molecular complexity index is 1900. The molecule has 2 aliphatic heterocycles. The fourth-order valence-corrected chi connectivity index (χ4v) is 8.11. The summed E-state index contributed by atoms with van der Waals surface area (Å²) in [5.41, 5.74) is 2.00. The van der Waals surface area contributed by atoms with E-state index < -0.39 is 17.1 Å². The lowest BCUT2D eigenvalue weighted by atomic mass is 9.83. The quantitative estimate of drug-likeness (QED) is 0.255. The van der Waals surface area contributed by atoms with Crippen molar-refractivity contribution in [2.45, 2.75) is 16.2 Å². The van der Waals surface area contributed by atoms with Gasteiger partial charge in [-0.05, 0) is 52.7 Å². The lowest BCUT2D eigenvalue weighted by Gasteiger charge is -2.29.